The number of H-pyrrole nitrogens is 1. The Balaban J connectivity index is 1.62. The van der Waals surface area contributed by atoms with Crippen LogP contribution in [0.15, 0.2) is 85.3 Å². The third-order valence-electron chi connectivity index (χ3n) is 8.94. The largest absolute Gasteiger partial charge is 0.368 e. The van der Waals surface area contributed by atoms with E-state index in [0.717, 1.165) is 21.9 Å². The van der Waals surface area contributed by atoms with Crippen LogP contribution in [0.1, 0.15) is 56.9 Å². The van der Waals surface area contributed by atoms with Gasteiger partial charge in [-0.2, -0.15) is 0 Å². The molecule has 0 aliphatic rings. The summed E-state index contributed by atoms with van der Waals surface area (Å²) in [5.41, 5.74) is 12.4. The highest BCUT2D eigenvalue weighted by Crippen LogP contribution is 2.17. The predicted molar refractivity (Wildman–Crippen MR) is 208 cm³/mol. The zero-order valence-electron chi connectivity index (χ0n) is 31.4. The molecule has 6 amide bonds. The van der Waals surface area contributed by atoms with Gasteiger partial charge in [-0.05, 0) is 55.0 Å². The molecule has 1 heterocycles. The maximum absolute atomic E-state index is 14.3. The lowest BCUT2D eigenvalue weighted by atomic mass is 9.99. The molecule has 0 fully saturated rings. The molecule has 10 N–H and O–H groups in total. The summed E-state index contributed by atoms with van der Waals surface area (Å²) >= 11 is 0. The number of carbonyl (C=O) groups is 6. The minimum atomic E-state index is -1.30. The molecule has 4 atom stereocenters. The number of unbranched alkanes of at least 4 members (excludes halogenated alkanes) is 1. The van der Waals surface area contributed by atoms with Crippen LogP contribution in [0.25, 0.3) is 10.8 Å². The Bertz CT molecular complexity index is 1930. The Hall–Kier alpha value is -6.09. The average molecular weight is 754 g/mol. The molecule has 0 unspecified atom stereocenters. The van der Waals surface area contributed by atoms with Crippen molar-refractivity contribution in [3.8, 4) is 0 Å². The summed E-state index contributed by atoms with van der Waals surface area (Å²) in [7, 11) is 0. The number of aromatic nitrogens is 2. The van der Waals surface area contributed by atoms with Crippen molar-refractivity contribution >= 4 is 46.2 Å². The van der Waals surface area contributed by atoms with Crippen molar-refractivity contribution in [3.63, 3.8) is 0 Å². The van der Waals surface area contributed by atoms with Gasteiger partial charge >= 0.3 is 0 Å². The first-order valence-corrected chi connectivity index (χ1v) is 18.2. The number of carbonyl (C=O) groups excluding carboxylic acids is 6. The van der Waals surface area contributed by atoms with Crippen LogP contribution in [0.4, 0.5) is 0 Å². The van der Waals surface area contributed by atoms with Gasteiger partial charge in [0.15, 0.2) is 0 Å². The SMILES string of the molecule is CC(=O)NCCCC[C@H](NC(=O)[C@@H](Cc1ccccc1)NC(=O)[C@H](Cc1ccc2ccccc2c1)NC(=O)[C@H](Cc1cnc[nH]1)NC(=O)C(C)(C)N)C(N)=O. The highest BCUT2D eigenvalue weighted by molar-refractivity contribution is 5.96. The number of imidazole rings is 1. The van der Waals surface area contributed by atoms with Crippen molar-refractivity contribution in [1.82, 2.24) is 36.6 Å². The van der Waals surface area contributed by atoms with Gasteiger partial charge in [-0.25, -0.2) is 4.98 Å². The Morgan fingerprint density at radius 2 is 1.29 bits per heavy atom. The number of nitrogens with one attached hydrogen (secondary N) is 6. The normalized spacial score (nSPS) is 13.5. The van der Waals surface area contributed by atoms with Crippen LogP contribution in [-0.4, -0.2) is 81.7 Å². The smallest absolute Gasteiger partial charge is 0.243 e. The summed E-state index contributed by atoms with van der Waals surface area (Å²) in [6.45, 7) is 4.83. The molecule has 292 valence electrons. The maximum Gasteiger partial charge on any atom is 0.243 e. The van der Waals surface area contributed by atoms with Crippen molar-refractivity contribution in [2.24, 2.45) is 11.5 Å². The van der Waals surface area contributed by atoms with Crippen molar-refractivity contribution in [3.05, 3.63) is 102 Å². The van der Waals surface area contributed by atoms with Crippen molar-refractivity contribution in [1.29, 1.82) is 0 Å². The number of fused-ring (bicyclic) bond motifs is 1. The lowest BCUT2D eigenvalue weighted by Gasteiger charge is -2.27. The van der Waals surface area contributed by atoms with Gasteiger partial charge in [0.1, 0.15) is 24.2 Å². The summed E-state index contributed by atoms with van der Waals surface area (Å²) in [6, 6.07) is 17.8. The molecular formula is C40H51N9O6. The molecule has 0 spiro atoms. The number of aromatic amines is 1. The molecule has 0 bridgehead atoms. The van der Waals surface area contributed by atoms with Crippen LogP contribution in [0.5, 0.6) is 0 Å². The summed E-state index contributed by atoms with van der Waals surface area (Å²) in [5.74, 6) is -3.48. The molecule has 4 rings (SSSR count). The maximum atomic E-state index is 14.3. The summed E-state index contributed by atoms with van der Waals surface area (Å²) in [6.07, 6.45) is 4.36. The zero-order valence-corrected chi connectivity index (χ0v) is 31.4. The van der Waals surface area contributed by atoms with Crippen LogP contribution < -0.4 is 38.1 Å². The molecule has 15 heteroatoms. The van der Waals surface area contributed by atoms with E-state index in [2.05, 4.69) is 36.6 Å². The molecule has 55 heavy (non-hydrogen) atoms. The van der Waals surface area contributed by atoms with E-state index in [1.165, 1.54) is 33.3 Å². The lowest BCUT2D eigenvalue weighted by Crippen LogP contribution is -2.60. The molecular weight excluding hydrogens is 702 g/mol. The average Bonchev–Trinajstić information content (AvgIpc) is 3.66. The van der Waals surface area contributed by atoms with Crippen LogP contribution in [-0.2, 0) is 48.0 Å². The van der Waals surface area contributed by atoms with E-state index in [1.807, 2.05) is 48.5 Å². The van der Waals surface area contributed by atoms with Gasteiger partial charge in [0.25, 0.3) is 0 Å². The first-order valence-electron chi connectivity index (χ1n) is 18.2. The number of amides is 6. The van der Waals surface area contributed by atoms with E-state index in [4.69, 9.17) is 11.5 Å². The van der Waals surface area contributed by atoms with E-state index < -0.39 is 59.2 Å². The van der Waals surface area contributed by atoms with Crippen LogP contribution >= 0.6 is 0 Å². The number of primary amides is 1. The Morgan fingerprint density at radius 1 is 0.709 bits per heavy atom. The third-order valence-corrected chi connectivity index (χ3v) is 8.94. The van der Waals surface area contributed by atoms with E-state index in [-0.39, 0.29) is 31.6 Å². The molecule has 0 saturated heterocycles. The fourth-order valence-corrected chi connectivity index (χ4v) is 5.88. The summed E-state index contributed by atoms with van der Waals surface area (Å²) < 4.78 is 0. The number of hydrogen-bond donors (Lipinski definition) is 8. The van der Waals surface area contributed by atoms with E-state index >= 15 is 0 Å². The van der Waals surface area contributed by atoms with Gasteiger partial charge < -0.3 is 43.0 Å². The highest BCUT2D eigenvalue weighted by Gasteiger charge is 2.33. The standard InChI is InChI=1S/C40H51N9O6/c1-25(50)44-18-10-9-15-31(35(41)51)46-36(52)32(20-26-11-5-4-6-12-26)47-37(53)33(21-27-16-17-28-13-7-8-14-29(28)19-27)48-38(54)34(22-30-23-43-24-45-30)49-39(55)40(2,3)42/h4-8,11-14,16-17,19,23-24,31-34H,9-10,15,18,20-22,42H2,1-3H3,(H2,41,51)(H,43,45)(H,44,50)(H,46,52)(H,47,53)(H,48,54)(H,49,55)/t31-,32+,33-,34-/m0/s1. The second kappa shape index (κ2) is 19.8. The monoisotopic (exact) mass is 753 g/mol. The zero-order chi connectivity index (χ0) is 40.0. The molecule has 0 aliphatic carbocycles. The van der Waals surface area contributed by atoms with Crippen LogP contribution in [0.2, 0.25) is 0 Å². The molecule has 1 aromatic heterocycles. The van der Waals surface area contributed by atoms with Crippen molar-refractivity contribution < 1.29 is 28.8 Å². The minimum Gasteiger partial charge on any atom is -0.368 e. The molecule has 3 aromatic carbocycles. The first-order chi connectivity index (χ1) is 26.2. The second-order valence-corrected chi connectivity index (χ2v) is 14.2. The topological polar surface area (TPSA) is 243 Å². The number of hydrogen-bond acceptors (Lipinski definition) is 8. The van der Waals surface area contributed by atoms with Gasteiger partial charge in [-0.15, -0.1) is 0 Å². The summed E-state index contributed by atoms with van der Waals surface area (Å²) in [4.78, 5) is 85.8. The quantitative estimate of drug-likeness (QED) is 0.0606. The molecule has 0 radical (unpaired) electrons. The number of nitrogens with two attached hydrogens (primary N) is 2. The van der Waals surface area contributed by atoms with Crippen molar-refractivity contribution in [2.45, 2.75) is 89.0 Å². The van der Waals surface area contributed by atoms with E-state index in [9.17, 15) is 28.8 Å². The molecule has 15 nitrogen and oxygen atoms in total. The number of nitrogens with zero attached hydrogens (tertiary/aromatic N) is 1. The summed E-state index contributed by atoms with van der Waals surface area (Å²) in [5, 5.41) is 15.6. The van der Waals surface area contributed by atoms with E-state index in [1.54, 1.807) is 24.3 Å². The van der Waals surface area contributed by atoms with Gasteiger partial charge in [0.2, 0.25) is 35.4 Å². The Morgan fingerprint density at radius 3 is 1.87 bits per heavy atom. The highest BCUT2D eigenvalue weighted by atomic mass is 16.2. The lowest BCUT2D eigenvalue weighted by molar-refractivity contribution is -0.134. The number of benzene rings is 3. The van der Waals surface area contributed by atoms with Crippen molar-refractivity contribution in [2.75, 3.05) is 6.54 Å². The van der Waals surface area contributed by atoms with Gasteiger partial charge in [-0.3, -0.25) is 28.8 Å². The molecule has 0 aliphatic heterocycles. The number of rotatable bonds is 20. The van der Waals surface area contributed by atoms with Crippen LogP contribution in [0.3, 0.4) is 0 Å². The predicted octanol–water partition coefficient (Wildman–Crippen LogP) is 1.06. The van der Waals surface area contributed by atoms with Gasteiger partial charge in [0.05, 0.1) is 11.9 Å². The third kappa shape index (κ3) is 13.4. The van der Waals surface area contributed by atoms with Gasteiger partial charge in [-0.1, -0.05) is 72.8 Å². The Kier molecular flexibility index (Phi) is 15.0. The second-order valence-electron chi connectivity index (χ2n) is 14.2. The first kappa shape index (κ1) is 41.7. The van der Waals surface area contributed by atoms with Gasteiger partial charge in [0, 0.05) is 44.6 Å². The molecule has 4 aromatic rings. The fourth-order valence-electron chi connectivity index (χ4n) is 5.88. The fraction of sp³-hybridized carbons (Fsp3) is 0.375. The van der Waals surface area contributed by atoms with E-state index in [0.29, 0.717) is 25.1 Å². The minimum absolute atomic E-state index is 0.0241. The van der Waals surface area contributed by atoms with Crippen LogP contribution in [0, 0.1) is 0 Å². The Labute approximate surface area is 320 Å². The molecule has 0 saturated carbocycles.